The maximum Gasteiger partial charge on any atom is 0.0616 e. The molecular formula is C7H11IO. The average Bonchev–Trinajstić information content (AvgIpc) is 2.45. The predicted octanol–water partition coefficient (Wildman–Crippen LogP) is 1.99. The highest BCUT2D eigenvalue weighted by atomic mass is 127. The van der Waals surface area contributed by atoms with Gasteiger partial charge in [0.2, 0.25) is 0 Å². The second-order valence-electron chi connectivity index (χ2n) is 3.02. The minimum atomic E-state index is 0.645. The van der Waals surface area contributed by atoms with E-state index in [9.17, 15) is 0 Å². The molecule has 0 aliphatic carbocycles. The van der Waals surface area contributed by atoms with Crippen LogP contribution in [0.4, 0.5) is 0 Å². The topological polar surface area (TPSA) is 9.23 Å². The predicted molar refractivity (Wildman–Crippen MR) is 44.9 cm³/mol. The summed E-state index contributed by atoms with van der Waals surface area (Å²) < 4.78 is 6.96. The lowest BCUT2D eigenvalue weighted by atomic mass is 9.91. The summed E-state index contributed by atoms with van der Waals surface area (Å²) in [5, 5.41) is 0. The summed E-state index contributed by atoms with van der Waals surface area (Å²) in [6, 6.07) is 0. The lowest BCUT2D eigenvalue weighted by Gasteiger charge is -2.14. The van der Waals surface area contributed by atoms with Crippen molar-refractivity contribution in [1.82, 2.24) is 0 Å². The average molecular weight is 238 g/mol. The van der Waals surface area contributed by atoms with Crippen LogP contribution in [0.1, 0.15) is 19.3 Å². The smallest absolute Gasteiger partial charge is 0.0616 e. The van der Waals surface area contributed by atoms with Crippen molar-refractivity contribution < 1.29 is 4.74 Å². The zero-order chi connectivity index (χ0) is 6.27. The fourth-order valence-corrected chi connectivity index (χ4v) is 2.83. The zero-order valence-electron chi connectivity index (χ0n) is 5.35. The molecule has 0 spiro atoms. The van der Waals surface area contributed by atoms with Crippen LogP contribution in [0.15, 0.2) is 0 Å². The van der Waals surface area contributed by atoms with Crippen LogP contribution in [-0.2, 0) is 4.74 Å². The van der Waals surface area contributed by atoms with Gasteiger partial charge in [0.15, 0.2) is 0 Å². The van der Waals surface area contributed by atoms with Crippen molar-refractivity contribution in [2.24, 2.45) is 5.92 Å². The summed E-state index contributed by atoms with van der Waals surface area (Å²) in [6.45, 7) is 0. The molecule has 2 aliphatic rings. The normalized spacial score (nSPS) is 48.3. The Balaban J connectivity index is 2.01. The van der Waals surface area contributed by atoms with Crippen molar-refractivity contribution in [3.8, 4) is 0 Å². The van der Waals surface area contributed by atoms with Gasteiger partial charge in [-0.2, -0.15) is 0 Å². The lowest BCUT2D eigenvalue weighted by Crippen LogP contribution is -2.16. The first-order valence-corrected chi connectivity index (χ1v) is 5.14. The molecule has 0 aromatic heterocycles. The summed E-state index contributed by atoms with van der Waals surface area (Å²) in [6.07, 6.45) is 5.30. The molecular weight excluding hydrogens is 227 g/mol. The number of ether oxygens (including phenoxy) is 1. The van der Waals surface area contributed by atoms with Crippen molar-refractivity contribution in [1.29, 1.82) is 0 Å². The van der Waals surface area contributed by atoms with Crippen LogP contribution in [0, 0.1) is 5.92 Å². The molecule has 0 radical (unpaired) electrons. The molecule has 0 aromatic carbocycles. The molecule has 3 unspecified atom stereocenters. The van der Waals surface area contributed by atoms with E-state index in [4.69, 9.17) is 4.74 Å². The van der Waals surface area contributed by atoms with Gasteiger partial charge in [0, 0.05) is 4.43 Å². The molecule has 2 heteroatoms. The van der Waals surface area contributed by atoms with Gasteiger partial charge in [-0.05, 0) is 25.2 Å². The highest BCUT2D eigenvalue weighted by molar-refractivity contribution is 14.1. The van der Waals surface area contributed by atoms with Crippen molar-refractivity contribution in [3.63, 3.8) is 0 Å². The summed E-state index contributed by atoms with van der Waals surface area (Å²) >= 11 is 2.47. The minimum absolute atomic E-state index is 0.645. The maximum atomic E-state index is 5.67. The van der Waals surface area contributed by atoms with Gasteiger partial charge in [-0.25, -0.2) is 0 Å². The second-order valence-corrected chi connectivity index (χ2v) is 3.90. The number of halogens is 1. The molecule has 0 aromatic rings. The summed E-state index contributed by atoms with van der Waals surface area (Å²) in [4.78, 5) is 0. The van der Waals surface area contributed by atoms with Gasteiger partial charge < -0.3 is 4.74 Å². The van der Waals surface area contributed by atoms with E-state index in [0.717, 1.165) is 5.92 Å². The van der Waals surface area contributed by atoms with Crippen LogP contribution in [0.3, 0.4) is 0 Å². The third-order valence-corrected chi connectivity index (χ3v) is 3.56. The Kier molecular flexibility index (Phi) is 1.69. The molecule has 9 heavy (non-hydrogen) atoms. The Morgan fingerprint density at radius 2 is 2.33 bits per heavy atom. The molecule has 0 amide bonds. The number of hydrogen-bond acceptors (Lipinski definition) is 1. The van der Waals surface area contributed by atoms with Crippen molar-refractivity contribution >= 4 is 22.6 Å². The molecule has 2 heterocycles. The third kappa shape index (κ3) is 1.00. The van der Waals surface area contributed by atoms with E-state index in [1.165, 1.54) is 23.7 Å². The largest absolute Gasteiger partial charge is 0.375 e. The zero-order valence-corrected chi connectivity index (χ0v) is 7.50. The van der Waals surface area contributed by atoms with Crippen LogP contribution in [0.2, 0.25) is 0 Å². The first-order valence-electron chi connectivity index (χ1n) is 3.61. The van der Waals surface area contributed by atoms with E-state index in [1.54, 1.807) is 0 Å². The van der Waals surface area contributed by atoms with E-state index >= 15 is 0 Å². The lowest BCUT2D eigenvalue weighted by molar-refractivity contribution is 0.0957. The van der Waals surface area contributed by atoms with Crippen molar-refractivity contribution in [3.05, 3.63) is 0 Å². The molecule has 0 N–H and O–H groups in total. The molecule has 2 aliphatic heterocycles. The molecule has 2 bridgehead atoms. The van der Waals surface area contributed by atoms with Crippen molar-refractivity contribution in [2.45, 2.75) is 31.5 Å². The van der Waals surface area contributed by atoms with Crippen LogP contribution < -0.4 is 0 Å². The van der Waals surface area contributed by atoms with Crippen LogP contribution in [-0.4, -0.2) is 16.6 Å². The van der Waals surface area contributed by atoms with Crippen LogP contribution >= 0.6 is 22.6 Å². The highest BCUT2D eigenvalue weighted by Crippen LogP contribution is 2.39. The fraction of sp³-hybridized carbons (Fsp3) is 1.00. The number of rotatable bonds is 1. The highest BCUT2D eigenvalue weighted by Gasteiger charge is 2.39. The standard InChI is InChI=1S/C7H11IO/c8-4-5-3-6-1-2-7(5)9-6/h5-7H,1-4H2. The molecule has 2 rings (SSSR count). The number of fused-ring (bicyclic) bond motifs is 2. The van der Waals surface area contributed by atoms with E-state index in [2.05, 4.69) is 22.6 Å². The van der Waals surface area contributed by atoms with Gasteiger partial charge in [0.25, 0.3) is 0 Å². The Bertz CT molecular complexity index is 115. The quantitative estimate of drug-likeness (QED) is 0.501. The monoisotopic (exact) mass is 238 g/mol. The van der Waals surface area contributed by atoms with Gasteiger partial charge in [-0.3, -0.25) is 0 Å². The van der Waals surface area contributed by atoms with E-state index in [-0.39, 0.29) is 0 Å². The Hall–Kier alpha value is 0.690. The molecule has 2 saturated heterocycles. The third-order valence-electron chi connectivity index (χ3n) is 2.43. The van der Waals surface area contributed by atoms with Gasteiger partial charge in [0.05, 0.1) is 12.2 Å². The summed E-state index contributed by atoms with van der Waals surface area (Å²) in [5.41, 5.74) is 0. The summed E-state index contributed by atoms with van der Waals surface area (Å²) in [5.74, 6) is 0.893. The molecule has 3 atom stereocenters. The maximum absolute atomic E-state index is 5.67. The molecule has 52 valence electrons. The summed E-state index contributed by atoms with van der Waals surface area (Å²) in [7, 11) is 0. The van der Waals surface area contributed by atoms with E-state index in [1.807, 2.05) is 0 Å². The van der Waals surface area contributed by atoms with Crippen LogP contribution in [0.5, 0.6) is 0 Å². The Morgan fingerprint density at radius 3 is 2.67 bits per heavy atom. The first kappa shape index (κ1) is 6.40. The minimum Gasteiger partial charge on any atom is -0.375 e. The first-order chi connectivity index (χ1) is 4.40. The van der Waals surface area contributed by atoms with Gasteiger partial charge in [-0.1, -0.05) is 22.6 Å². The molecule has 1 nitrogen and oxygen atoms in total. The van der Waals surface area contributed by atoms with E-state index < -0.39 is 0 Å². The Labute approximate surface area is 69.3 Å². The Morgan fingerprint density at radius 1 is 1.44 bits per heavy atom. The second kappa shape index (κ2) is 2.38. The molecule has 2 fully saturated rings. The SMILES string of the molecule is ICC1CC2CCC1O2. The fourth-order valence-electron chi connectivity index (χ4n) is 1.91. The van der Waals surface area contributed by atoms with E-state index in [0.29, 0.717) is 12.2 Å². The number of alkyl halides is 1. The van der Waals surface area contributed by atoms with Crippen LogP contribution in [0.25, 0.3) is 0 Å². The van der Waals surface area contributed by atoms with Crippen molar-refractivity contribution in [2.75, 3.05) is 4.43 Å². The number of hydrogen-bond donors (Lipinski definition) is 0. The molecule has 0 saturated carbocycles. The van der Waals surface area contributed by atoms with Gasteiger partial charge >= 0.3 is 0 Å². The van der Waals surface area contributed by atoms with Gasteiger partial charge in [0.1, 0.15) is 0 Å². The van der Waals surface area contributed by atoms with Gasteiger partial charge in [-0.15, -0.1) is 0 Å².